The lowest BCUT2D eigenvalue weighted by atomic mass is 10.0. The standard InChI is InChI=1S/C18H22BrN/c1-4-15-6-9-16(10-7-15)14(3)20-12-17-8-5-13(2)11-18(17)19/h5-11,14,20H,4,12H2,1-3H3. The van der Waals surface area contributed by atoms with Crippen LogP contribution in [0.15, 0.2) is 46.9 Å². The second-order valence-corrected chi connectivity index (χ2v) is 6.15. The van der Waals surface area contributed by atoms with E-state index >= 15 is 0 Å². The van der Waals surface area contributed by atoms with Crippen molar-refractivity contribution in [2.75, 3.05) is 0 Å². The van der Waals surface area contributed by atoms with Crippen molar-refractivity contribution in [1.29, 1.82) is 0 Å². The lowest BCUT2D eigenvalue weighted by Gasteiger charge is -2.15. The predicted molar refractivity (Wildman–Crippen MR) is 90.0 cm³/mol. The Morgan fingerprint density at radius 2 is 1.80 bits per heavy atom. The van der Waals surface area contributed by atoms with Gasteiger partial charge in [-0.05, 0) is 48.6 Å². The molecular formula is C18H22BrN. The summed E-state index contributed by atoms with van der Waals surface area (Å²) < 4.78 is 1.18. The number of halogens is 1. The Hall–Kier alpha value is -1.12. The third-order valence-corrected chi connectivity index (χ3v) is 4.43. The van der Waals surface area contributed by atoms with Crippen LogP contribution in [0.25, 0.3) is 0 Å². The smallest absolute Gasteiger partial charge is 0.0294 e. The van der Waals surface area contributed by atoms with Crippen molar-refractivity contribution in [3.8, 4) is 0 Å². The summed E-state index contributed by atoms with van der Waals surface area (Å²) in [5.74, 6) is 0. The maximum absolute atomic E-state index is 3.63. The number of hydrogen-bond acceptors (Lipinski definition) is 1. The molecule has 0 amide bonds. The molecule has 0 spiro atoms. The Morgan fingerprint density at radius 3 is 2.40 bits per heavy atom. The fourth-order valence-corrected chi connectivity index (χ4v) is 2.85. The molecule has 0 aliphatic carbocycles. The van der Waals surface area contributed by atoms with Crippen molar-refractivity contribution in [2.45, 2.75) is 39.8 Å². The van der Waals surface area contributed by atoms with Crippen molar-refractivity contribution in [3.05, 3.63) is 69.2 Å². The molecule has 1 nitrogen and oxygen atoms in total. The molecule has 1 atom stereocenters. The molecule has 2 heteroatoms. The molecule has 0 bridgehead atoms. The van der Waals surface area contributed by atoms with Crippen LogP contribution in [-0.4, -0.2) is 0 Å². The van der Waals surface area contributed by atoms with E-state index < -0.39 is 0 Å². The molecule has 1 N–H and O–H groups in total. The summed E-state index contributed by atoms with van der Waals surface area (Å²) in [5, 5.41) is 3.58. The lowest BCUT2D eigenvalue weighted by molar-refractivity contribution is 0.573. The summed E-state index contributed by atoms with van der Waals surface area (Å²) >= 11 is 3.63. The van der Waals surface area contributed by atoms with E-state index in [0.29, 0.717) is 6.04 Å². The van der Waals surface area contributed by atoms with Crippen molar-refractivity contribution in [1.82, 2.24) is 5.32 Å². The van der Waals surface area contributed by atoms with E-state index in [0.717, 1.165) is 13.0 Å². The minimum Gasteiger partial charge on any atom is -0.306 e. The summed E-state index contributed by atoms with van der Waals surface area (Å²) in [4.78, 5) is 0. The average Bonchev–Trinajstić information content (AvgIpc) is 2.46. The topological polar surface area (TPSA) is 12.0 Å². The monoisotopic (exact) mass is 331 g/mol. The van der Waals surface area contributed by atoms with Crippen molar-refractivity contribution < 1.29 is 0 Å². The van der Waals surface area contributed by atoms with Crippen LogP contribution >= 0.6 is 15.9 Å². The Kier molecular flexibility index (Phi) is 5.38. The average molecular weight is 332 g/mol. The van der Waals surface area contributed by atoms with E-state index in [4.69, 9.17) is 0 Å². The zero-order valence-electron chi connectivity index (χ0n) is 12.4. The van der Waals surface area contributed by atoms with Gasteiger partial charge in [-0.25, -0.2) is 0 Å². The minimum absolute atomic E-state index is 0.356. The van der Waals surface area contributed by atoms with E-state index in [1.807, 2.05) is 0 Å². The van der Waals surface area contributed by atoms with Gasteiger partial charge < -0.3 is 5.32 Å². The normalized spacial score (nSPS) is 12.4. The van der Waals surface area contributed by atoms with Crippen molar-refractivity contribution in [2.24, 2.45) is 0 Å². The molecule has 0 aliphatic rings. The van der Waals surface area contributed by atoms with Gasteiger partial charge in [0, 0.05) is 17.1 Å². The molecule has 106 valence electrons. The highest BCUT2D eigenvalue weighted by atomic mass is 79.9. The van der Waals surface area contributed by atoms with Crippen molar-refractivity contribution >= 4 is 15.9 Å². The largest absolute Gasteiger partial charge is 0.306 e. The van der Waals surface area contributed by atoms with E-state index in [1.165, 1.54) is 26.7 Å². The highest BCUT2D eigenvalue weighted by Crippen LogP contribution is 2.20. The highest BCUT2D eigenvalue weighted by Gasteiger charge is 2.06. The third-order valence-electron chi connectivity index (χ3n) is 3.70. The van der Waals surface area contributed by atoms with Crippen LogP contribution in [-0.2, 0) is 13.0 Å². The molecule has 2 aromatic rings. The first-order chi connectivity index (χ1) is 9.60. The van der Waals surface area contributed by atoms with Crippen LogP contribution in [0.2, 0.25) is 0 Å². The van der Waals surface area contributed by atoms with Gasteiger partial charge in [-0.1, -0.05) is 59.3 Å². The van der Waals surface area contributed by atoms with Gasteiger partial charge in [0.2, 0.25) is 0 Å². The Labute approximate surface area is 130 Å². The van der Waals surface area contributed by atoms with Gasteiger partial charge >= 0.3 is 0 Å². The van der Waals surface area contributed by atoms with Gasteiger partial charge in [0.1, 0.15) is 0 Å². The summed E-state index contributed by atoms with van der Waals surface area (Å²) in [7, 11) is 0. The molecule has 20 heavy (non-hydrogen) atoms. The quantitative estimate of drug-likeness (QED) is 0.796. The second-order valence-electron chi connectivity index (χ2n) is 5.29. The lowest BCUT2D eigenvalue weighted by Crippen LogP contribution is -2.18. The fraction of sp³-hybridized carbons (Fsp3) is 0.333. The first kappa shape index (κ1) is 15.3. The van der Waals surface area contributed by atoms with Gasteiger partial charge in [0.05, 0.1) is 0 Å². The van der Waals surface area contributed by atoms with Crippen LogP contribution in [0.5, 0.6) is 0 Å². The van der Waals surface area contributed by atoms with Crippen molar-refractivity contribution in [3.63, 3.8) is 0 Å². The summed E-state index contributed by atoms with van der Waals surface area (Å²) in [6.45, 7) is 7.38. The fourth-order valence-electron chi connectivity index (χ4n) is 2.22. The number of benzene rings is 2. The molecule has 0 aliphatic heterocycles. The van der Waals surface area contributed by atoms with E-state index in [2.05, 4.69) is 84.5 Å². The van der Waals surface area contributed by atoms with Crippen LogP contribution in [0, 0.1) is 6.92 Å². The Balaban J connectivity index is 1.98. The SMILES string of the molecule is CCc1ccc(C(C)NCc2ccc(C)cc2Br)cc1. The van der Waals surface area contributed by atoms with Gasteiger partial charge in [0.25, 0.3) is 0 Å². The Bertz CT molecular complexity index is 560. The van der Waals surface area contributed by atoms with Gasteiger partial charge in [0.15, 0.2) is 0 Å². The molecule has 0 saturated heterocycles. The molecule has 0 saturated carbocycles. The number of nitrogens with one attached hydrogen (secondary N) is 1. The number of rotatable bonds is 5. The molecule has 2 aromatic carbocycles. The molecule has 0 fully saturated rings. The first-order valence-corrected chi connectivity index (χ1v) is 7.96. The van der Waals surface area contributed by atoms with Crippen LogP contribution in [0.4, 0.5) is 0 Å². The number of hydrogen-bond donors (Lipinski definition) is 1. The maximum Gasteiger partial charge on any atom is 0.0294 e. The molecule has 0 aromatic heterocycles. The van der Waals surface area contributed by atoms with Crippen LogP contribution in [0.3, 0.4) is 0 Å². The molecule has 0 heterocycles. The second kappa shape index (κ2) is 7.05. The maximum atomic E-state index is 3.63. The molecule has 2 rings (SSSR count). The molecule has 1 unspecified atom stereocenters. The number of aryl methyl sites for hydroxylation is 2. The van der Waals surface area contributed by atoms with E-state index in [-0.39, 0.29) is 0 Å². The predicted octanol–water partition coefficient (Wildman–Crippen LogP) is 5.17. The van der Waals surface area contributed by atoms with Gasteiger partial charge in [-0.2, -0.15) is 0 Å². The first-order valence-electron chi connectivity index (χ1n) is 7.17. The highest BCUT2D eigenvalue weighted by molar-refractivity contribution is 9.10. The van der Waals surface area contributed by atoms with E-state index in [9.17, 15) is 0 Å². The zero-order chi connectivity index (χ0) is 14.5. The summed E-state index contributed by atoms with van der Waals surface area (Å²) in [6.07, 6.45) is 1.10. The van der Waals surface area contributed by atoms with Gasteiger partial charge in [-0.15, -0.1) is 0 Å². The van der Waals surface area contributed by atoms with Crippen LogP contribution < -0.4 is 5.32 Å². The van der Waals surface area contributed by atoms with Gasteiger partial charge in [-0.3, -0.25) is 0 Å². The summed E-state index contributed by atoms with van der Waals surface area (Å²) in [5.41, 5.74) is 5.31. The van der Waals surface area contributed by atoms with Crippen LogP contribution in [0.1, 0.15) is 42.1 Å². The van der Waals surface area contributed by atoms with E-state index in [1.54, 1.807) is 0 Å². The Morgan fingerprint density at radius 1 is 1.10 bits per heavy atom. The molecular weight excluding hydrogens is 310 g/mol. The third kappa shape index (κ3) is 3.94. The summed E-state index contributed by atoms with van der Waals surface area (Å²) in [6, 6.07) is 15.7. The minimum atomic E-state index is 0.356. The zero-order valence-corrected chi connectivity index (χ0v) is 14.0. The molecule has 0 radical (unpaired) electrons.